The number of hydrogen-bond donors (Lipinski definition) is 2. The zero-order valence-electron chi connectivity index (χ0n) is 10.9. The highest BCUT2D eigenvalue weighted by Crippen LogP contribution is 2.27. The molecule has 2 aromatic heterocycles. The van der Waals surface area contributed by atoms with E-state index in [4.69, 9.17) is 16.7 Å². The standard InChI is InChI=1S/C14H10ClN3O3/c1-7-2-3-8(5-11(7)19)12-16-17-13-10(15)4-9(14(20)21)6-18(12)13/h2-6,19H,1H3,(H,20,21). The van der Waals surface area contributed by atoms with Gasteiger partial charge >= 0.3 is 5.97 Å². The van der Waals surface area contributed by atoms with Gasteiger partial charge in [0, 0.05) is 11.8 Å². The molecular formula is C14H10ClN3O3. The van der Waals surface area contributed by atoms with E-state index in [1.165, 1.54) is 16.7 Å². The van der Waals surface area contributed by atoms with E-state index in [9.17, 15) is 9.90 Å². The first-order valence-electron chi connectivity index (χ1n) is 6.05. The van der Waals surface area contributed by atoms with Crippen LogP contribution in [0, 0.1) is 6.92 Å². The molecule has 0 aliphatic rings. The molecule has 3 aromatic rings. The van der Waals surface area contributed by atoms with Gasteiger partial charge in [-0.25, -0.2) is 4.79 Å². The molecule has 106 valence electrons. The lowest BCUT2D eigenvalue weighted by molar-refractivity contribution is 0.0696. The van der Waals surface area contributed by atoms with Crippen LogP contribution >= 0.6 is 11.6 Å². The van der Waals surface area contributed by atoms with Gasteiger partial charge in [0.25, 0.3) is 0 Å². The molecule has 1 aromatic carbocycles. The number of aromatic carboxylic acids is 1. The zero-order chi connectivity index (χ0) is 15.1. The molecule has 0 amide bonds. The number of halogens is 1. The fourth-order valence-electron chi connectivity index (χ4n) is 2.02. The molecule has 0 unspecified atom stereocenters. The number of phenolic OH excluding ortho intramolecular Hbond substituents is 1. The Labute approximate surface area is 124 Å². The van der Waals surface area contributed by atoms with Crippen molar-refractivity contribution in [1.82, 2.24) is 14.6 Å². The van der Waals surface area contributed by atoms with Crippen molar-refractivity contribution in [3.63, 3.8) is 0 Å². The number of hydrogen-bond acceptors (Lipinski definition) is 4. The van der Waals surface area contributed by atoms with E-state index in [-0.39, 0.29) is 16.3 Å². The van der Waals surface area contributed by atoms with Gasteiger partial charge in [0.2, 0.25) is 0 Å². The number of nitrogens with zero attached hydrogens (tertiary/aromatic N) is 3. The average molecular weight is 304 g/mol. The van der Waals surface area contributed by atoms with Gasteiger partial charge in [-0.15, -0.1) is 10.2 Å². The summed E-state index contributed by atoms with van der Waals surface area (Å²) in [5.41, 5.74) is 1.74. The van der Waals surface area contributed by atoms with Crippen LogP contribution in [0.3, 0.4) is 0 Å². The Morgan fingerprint density at radius 2 is 2.05 bits per heavy atom. The van der Waals surface area contributed by atoms with E-state index in [1.807, 2.05) is 0 Å². The second-order valence-corrected chi connectivity index (χ2v) is 5.01. The predicted octanol–water partition coefficient (Wildman–Crippen LogP) is 2.76. The number of benzene rings is 1. The summed E-state index contributed by atoms with van der Waals surface area (Å²) in [5.74, 6) is -0.555. The maximum Gasteiger partial charge on any atom is 0.337 e. The quantitative estimate of drug-likeness (QED) is 0.760. The molecule has 6 nitrogen and oxygen atoms in total. The van der Waals surface area contributed by atoms with Crippen LogP contribution in [0.4, 0.5) is 0 Å². The Balaban J connectivity index is 2.27. The van der Waals surface area contributed by atoms with Crippen LogP contribution in [0.1, 0.15) is 15.9 Å². The Bertz CT molecular complexity index is 873. The smallest absolute Gasteiger partial charge is 0.337 e. The number of pyridine rings is 1. The number of rotatable bonds is 2. The lowest BCUT2D eigenvalue weighted by Gasteiger charge is -2.04. The number of aryl methyl sites for hydroxylation is 1. The number of carboxylic acid groups (broad SMARTS) is 1. The Morgan fingerprint density at radius 3 is 2.71 bits per heavy atom. The lowest BCUT2D eigenvalue weighted by Crippen LogP contribution is -2.00. The van der Waals surface area contributed by atoms with Gasteiger partial charge in [-0.05, 0) is 24.6 Å². The zero-order valence-corrected chi connectivity index (χ0v) is 11.7. The third-order valence-electron chi connectivity index (χ3n) is 3.17. The minimum Gasteiger partial charge on any atom is -0.508 e. The van der Waals surface area contributed by atoms with E-state index in [2.05, 4.69) is 10.2 Å². The number of aromatic hydroxyl groups is 1. The molecular weight excluding hydrogens is 294 g/mol. The summed E-state index contributed by atoms with van der Waals surface area (Å²) in [4.78, 5) is 11.1. The highest BCUT2D eigenvalue weighted by molar-refractivity contribution is 6.33. The second kappa shape index (κ2) is 4.75. The minimum absolute atomic E-state index is 0.0323. The van der Waals surface area contributed by atoms with Gasteiger partial charge in [0.05, 0.1) is 10.6 Å². The summed E-state index contributed by atoms with van der Waals surface area (Å²) in [6.45, 7) is 1.78. The summed E-state index contributed by atoms with van der Waals surface area (Å²) in [6.07, 6.45) is 1.40. The Kier molecular flexibility index (Phi) is 3.03. The monoisotopic (exact) mass is 303 g/mol. The summed E-state index contributed by atoms with van der Waals surface area (Å²) in [5, 5.41) is 27.1. The molecule has 0 radical (unpaired) electrons. The van der Waals surface area contributed by atoms with Gasteiger partial charge in [0.1, 0.15) is 5.75 Å². The van der Waals surface area contributed by atoms with Gasteiger partial charge in [-0.3, -0.25) is 4.40 Å². The SMILES string of the molecule is Cc1ccc(-c2nnc3c(Cl)cc(C(=O)O)cn23)cc1O. The maximum absolute atomic E-state index is 11.1. The van der Waals surface area contributed by atoms with E-state index < -0.39 is 5.97 Å². The van der Waals surface area contributed by atoms with Gasteiger partial charge in [-0.2, -0.15) is 0 Å². The van der Waals surface area contributed by atoms with Crippen molar-refractivity contribution in [3.8, 4) is 17.1 Å². The average Bonchev–Trinajstić information content (AvgIpc) is 2.86. The number of fused-ring (bicyclic) bond motifs is 1. The second-order valence-electron chi connectivity index (χ2n) is 4.60. The van der Waals surface area contributed by atoms with Crippen molar-refractivity contribution < 1.29 is 15.0 Å². The first-order valence-corrected chi connectivity index (χ1v) is 6.42. The predicted molar refractivity (Wildman–Crippen MR) is 76.8 cm³/mol. The van der Waals surface area contributed by atoms with Crippen molar-refractivity contribution >= 4 is 23.2 Å². The van der Waals surface area contributed by atoms with Crippen molar-refractivity contribution in [3.05, 3.63) is 46.6 Å². The van der Waals surface area contributed by atoms with Crippen LogP contribution in [0.5, 0.6) is 5.75 Å². The number of aromatic nitrogens is 3. The summed E-state index contributed by atoms with van der Waals surface area (Å²) in [7, 11) is 0. The van der Waals surface area contributed by atoms with E-state index in [0.29, 0.717) is 17.0 Å². The molecule has 0 aliphatic heterocycles. The molecule has 2 heterocycles. The lowest BCUT2D eigenvalue weighted by atomic mass is 10.1. The fraction of sp³-hybridized carbons (Fsp3) is 0.0714. The summed E-state index contributed by atoms with van der Waals surface area (Å²) < 4.78 is 1.50. The third-order valence-corrected chi connectivity index (χ3v) is 3.45. The van der Waals surface area contributed by atoms with Crippen LogP contribution < -0.4 is 0 Å². The van der Waals surface area contributed by atoms with Crippen LogP contribution in [0.2, 0.25) is 5.02 Å². The van der Waals surface area contributed by atoms with Crippen molar-refractivity contribution in [2.75, 3.05) is 0 Å². The van der Waals surface area contributed by atoms with E-state index in [1.54, 1.807) is 25.1 Å². The number of carboxylic acids is 1. The fourth-order valence-corrected chi connectivity index (χ4v) is 2.26. The summed E-state index contributed by atoms with van der Waals surface area (Å²) >= 11 is 6.03. The van der Waals surface area contributed by atoms with Gasteiger partial charge in [0.15, 0.2) is 11.5 Å². The molecule has 0 saturated heterocycles. The molecule has 21 heavy (non-hydrogen) atoms. The first-order chi connectivity index (χ1) is 9.97. The molecule has 2 N–H and O–H groups in total. The minimum atomic E-state index is -1.09. The summed E-state index contributed by atoms with van der Waals surface area (Å²) in [6, 6.07) is 6.39. The molecule has 0 atom stereocenters. The van der Waals surface area contributed by atoms with Gasteiger partial charge in [-0.1, -0.05) is 23.7 Å². The molecule has 0 spiro atoms. The van der Waals surface area contributed by atoms with Crippen molar-refractivity contribution in [2.24, 2.45) is 0 Å². The third kappa shape index (κ3) is 2.19. The maximum atomic E-state index is 11.1. The normalized spacial score (nSPS) is 11.0. The number of carbonyl (C=O) groups is 1. The Morgan fingerprint density at radius 1 is 1.29 bits per heavy atom. The van der Waals surface area contributed by atoms with E-state index in [0.717, 1.165) is 5.56 Å². The van der Waals surface area contributed by atoms with Gasteiger partial charge < -0.3 is 10.2 Å². The molecule has 0 bridgehead atoms. The Hall–Kier alpha value is -2.60. The molecule has 7 heteroatoms. The van der Waals surface area contributed by atoms with Crippen LogP contribution in [-0.2, 0) is 0 Å². The van der Waals surface area contributed by atoms with Crippen LogP contribution in [0.15, 0.2) is 30.5 Å². The molecule has 0 fully saturated rings. The first kappa shape index (κ1) is 13.4. The van der Waals surface area contributed by atoms with Crippen molar-refractivity contribution in [1.29, 1.82) is 0 Å². The molecule has 0 aliphatic carbocycles. The largest absolute Gasteiger partial charge is 0.508 e. The molecule has 0 saturated carbocycles. The van der Waals surface area contributed by atoms with Crippen LogP contribution in [0.25, 0.3) is 17.0 Å². The van der Waals surface area contributed by atoms with Crippen LogP contribution in [-0.4, -0.2) is 30.8 Å². The highest BCUT2D eigenvalue weighted by Gasteiger charge is 2.15. The topological polar surface area (TPSA) is 87.7 Å². The number of phenols is 1. The molecule has 3 rings (SSSR count). The van der Waals surface area contributed by atoms with Crippen molar-refractivity contribution in [2.45, 2.75) is 6.92 Å². The highest BCUT2D eigenvalue weighted by atomic mass is 35.5. The van der Waals surface area contributed by atoms with E-state index >= 15 is 0 Å².